The maximum atomic E-state index is 12.8. The van der Waals surface area contributed by atoms with E-state index in [1.54, 1.807) is 30.5 Å². The second kappa shape index (κ2) is 7.47. The molecule has 0 unspecified atom stereocenters. The zero-order chi connectivity index (χ0) is 21.3. The van der Waals surface area contributed by atoms with Crippen LogP contribution in [0.15, 0.2) is 72.9 Å². The Bertz CT molecular complexity index is 1240. The van der Waals surface area contributed by atoms with E-state index in [0.29, 0.717) is 5.69 Å². The van der Waals surface area contributed by atoms with Crippen molar-refractivity contribution < 1.29 is 18.0 Å². The molecule has 0 fully saturated rings. The summed E-state index contributed by atoms with van der Waals surface area (Å²) >= 11 is 0. The quantitative estimate of drug-likeness (QED) is 0.491. The van der Waals surface area contributed by atoms with Crippen molar-refractivity contribution in [3.63, 3.8) is 0 Å². The van der Waals surface area contributed by atoms with Crippen molar-refractivity contribution in [1.82, 2.24) is 9.97 Å². The first kappa shape index (κ1) is 19.4. The van der Waals surface area contributed by atoms with E-state index in [1.165, 1.54) is 12.1 Å². The van der Waals surface area contributed by atoms with E-state index < -0.39 is 17.6 Å². The first-order chi connectivity index (χ1) is 14.3. The van der Waals surface area contributed by atoms with Gasteiger partial charge in [0, 0.05) is 22.8 Å². The average Bonchev–Trinajstić information content (AvgIpc) is 2.73. The highest BCUT2D eigenvalue weighted by atomic mass is 19.4. The zero-order valence-electron chi connectivity index (χ0n) is 15.4. The van der Waals surface area contributed by atoms with Gasteiger partial charge in [0.25, 0.3) is 5.91 Å². The number of rotatable bonds is 3. The third-order valence-corrected chi connectivity index (χ3v) is 4.53. The minimum atomic E-state index is -4.51. The van der Waals surface area contributed by atoms with Crippen LogP contribution < -0.4 is 11.1 Å². The molecule has 4 aromatic rings. The molecular weight excluding hydrogens is 393 g/mol. The van der Waals surface area contributed by atoms with Gasteiger partial charge in [0.1, 0.15) is 0 Å². The summed E-state index contributed by atoms with van der Waals surface area (Å²) in [6.45, 7) is 0. The van der Waals surface area contributed by atoms with Crippen molar-refractivity contribution in [2.45, 2.75) is 6.18 Å². The summed E-state index contributed by atoms with van der Waals surface area (Å²) in [7, 11) is 0. The molecular formula is C22H15F3N4O. The molecule has 1 heterocycles. The van der Waals surface area contributed by atoms with Crippen LogP contribution >= 0.6 is 0 Å². The lowest BCUT2D eigenvalue weighted by atomic mass is 10.0. The molecule has 0 spiro atoms. The Morgan fingerprint density at radius 3 is 2.40 bits per heavy atom. The van der Waals surface area contributed by atoms with Gasteiger partial charge < -0.3 is 11.1 Å². The number of halogens is 3. The molecule has 8 heteroatoms. The molecule has 0 saturated heterocycles. The van der Waals surface area contributed by atoms with Gasteiger partial charge in [-0.2, -0.15) is 13.2 Å². The molecule has 0 atom stereocenters. The van der Waals surface area contributed by atoms with Gasteiger partial charge in [-0.15, -0.1) is 0 Å². The van der Waals surface area contributed by atoms with Gasteiger partial charge in [-0.3, -0.25) is 4.79 Å². The fraction of sp³-hybridized carbons (Fsp3) is 0.0455. The second-order valence-electron chi connectivity index (χ2n) is 6.61. The van der Waals surface area contributed by atoms with Gasteiger partial charge in [0.15, 0.2) is 0 Å². The van der Waals surface area contributed by atoms with Crippen LogP contribution in [0.1, 0.15) is 15.9 Å². The van der Waals surface area contributed by atoms with Gasteiger partial charge in [0.05, 0.1) is 11.1 Å². The highest BCUT2D eigenvalue weighted by Gasteiger charge is 2.30. The van der Waals surface area contributed by atoms with E-state index in [1.807, 2.05) is 18.2 Å². The maximum Gasteiger partial charge on any atom is 0.416 e. The molecule has 5 nitrogen and oxygen atoms in total. The topological polar surface area (TPSA) is 80.9 Å². The van der Waals surface area contributed by atoms with E-state index in [4.69, 9.17) is 5.73 Å². The number of hydrogen-bond donors (Lipinski definition) is 2. The number of fused-ring (bicyclic) bond motifs is 1. The molecule has 0 radical (unpaired) electrons. The van der Waals surface area contributed by atoms with Gasteiger partial charge in [-0.1, -0.05) is 24.3 Å². The Hall–Kier alpha value is -3.94. The molecule has 0 aliphatic carbocycles. The predicted octanol–water partition coefficient (Wildman–Crippen LogP) is 5.15. The molecule has 150 valence electrons. The molecule has 3 N–H and O–H groups in total. The zero-order valence-corrected chi connectivity index (χ0v) is 15.4. The Morgan fingerprint density at radius 1 is 0.933 bits per heavy atom. The number of hydrogen-bond acceptors (Lipinski definition) is 4. The fourth-order valence-corrected chi connectivity index (χ4v) is 3.01. The SMILES string of the molecule is Nc1ncc2cc(-c3ccc(NC(=O)c4cccc(C(F)(F)F)c4)cc3)ccc2n1. The maximum absolute atomic E-state index is 12.8. The first-order valence-electron chi connectivity index (χ1n) is 8.91. The third kappa shape index (κ3) is 4.07. The molecule has 4 rings (SSSR count). The van der Waals surface area contributed by atoms with E-state index in [-0.39, 0.29) is 11.5 Å². The van der Waals surface area contributed by atoms with E-state index in [9.17, 15) is 18.0 Å². The molecule has 1 amide bonds. The lowest BCUT2D eigenvalue weighted by molar-refractivity contribution is -0.137. The van der Waals surface area contributed by atoms with E-state index in [2.05, 4.69) is 15.3 Å². The number of aromatic nitrogens is 2. The smallest absolute Gasteiger partial charge is 0.368 e. The number of nitrogen functional groups attached to an aromatic ring is 1. The summed E-state index contributed by atoms with van der Waals surface area (Å²) in [5, 5.41) is 3.45. The first-order valence-corrected chi connectivity index (χ1v) is 8.91. The van der Waals surface area contributed by atoms with Crippen LogP contribution in [0.5, 0.6) is 0 Å². The summed E-state index contributed by atoms with van der Waals surface area (Å²) in [5.74, 6) is -0.412. The van der Waals surface area contributed by atoms with Crippen molar-refractivity contribution in [3.8, 4) is 11.1 Å². The van der Waals surface area contributed by atoms with E-state index >= 15 is 0 Å². The molecule has 1 aromatic heterocycles. The van der Waals surface area contributed by atoms with Crippen LogP contribution in [-0.2, 0) is 6.18 Å². The fourth-order valence-electron chi connectivity index (χ4n) is 3.01. The number of anilines is 2. The van der Waals surface area contributed by atoms with Crippen molar-refractivity contribution in [3.05, 3.63) is 84.1 Å². The molecule has 3 aromatic carbocycles. The van der Waals surface area contributed by atoms with Crippen LogP contribution in [0.4, 0.5) is 24.8 Å². The molecule has 0 aliphatic heterocycles. The van der Waals surface area contributed by atoms with Crippen molar-refractivity contribution >= 4 is 28.4 Å². The summed E-state index contributed by atoms with van der Waals surface area (Å²) in [6, 6.07) is 16.9. The summed E-state index contributed by atoms with van der Waals surface area (Å²) < 4.78 is 38.5. The lowest BCUT2D eigenvalue weighted by Gasteiger charge is -2.10. The second-order valence-corrected chi connectivity index (χ2v) is 6.61. The van der Waals surface area contributed by atoms with Crippen molar-refractivity contribution in [2.75, 3.05) is 11.1 Å². The third-order valence-electron chi connectivity index (χ3n) is 4.53. The average molecular weight is 408 g/mol. The predicted molar refractivity (Wildman–Crippen MR) is 109 cm³/mol. The van der Waals surface area contributed by atoms with E-state index in [0.717, 1.165) is 34.2 Å². The van der Waals surface area contributed by atoms with Crippen LogP contribution in [0, 0.1) is 0 Å². The number of amides is 1. The highest BCUT2D eigenvalue weighted by Crippen LogP contribution is 2.30. The number of nitrogens with two attached hydrogens (primary N) is 1. The van der Waals surface area contributed by atoms with Crippen LogP contribution in [0.2, 0.25) is 0 Å². The van der Waals surface area contributed by atoms with Gasteiger partial charge in [-0.25, -0.2) is 9.97 Å². The molecule has 0 bridgehead atoms. The Balaban J connectivity index is 1.53. The monoisotopic (exact) mass is 408 g/mol. The largest absolute Gasteiger partial charge is 0.416 e. The molecule has 0 aliphatic rings. The summed E-state index contributed by atoms with van der Waals surface area (Å²) in [5.41, 5.74) is 7.67. The van der Waals surface area contributed by atoms with Crippen LogP contribution in [0.25, 0.3) is 22.0 Å². The van der Waals surface area contributed by atoms with Gasteiger partial charge in [-0.05, 0) is 53.6 Å². The normalized spacial score (nSPS) is 11.4. The highest BCUT2D eigenvalue weighted by molar-refractivity contribution is 6.04. The Morgan fingerprint density at radius 2 is 1.67 bits per heavy atom. The number of carbonyl (C=O) groups excluding carboxylic acids is 1. The number of alkyl halides is 3. The van der Waals surface area contributed by atoms with Crippen molar-refractivity contribution in [1.29, 1.82) is 0 Å². The standard InChI is InChI=1S/C22H15F3N4O/c23-22(24,25)17-3-1-2-15(11-17)20(30)28-18-7-4-13(5-8-18)14-6-9-19-16(10-14)12-27-21(26)29-19/h1-12H,(H,28,30)(H2,26,27,29). The lowest BCUT2D eigenvalue weighted by Crippen LogP contribution is -2.13. The summed E-state index contributed by atoms with van der Waals surface area (Å²) in [4.78, 5) is 20.5. The minimum absolute atomic E-state index is 0.0669. The number of nitrogens with one attached hydrogen (secondary N) is 1. The van der Waals surface area contributed by atoms with Crippen LogP contribution in [-0.4, -0.2) is 15.9 Å². The van der Waals surface area contributed by atoms with Gasteiger partial charge >= 0.3 is 6.18 Å². The van der Waals surface area contributed by atoms with Crippen LogP contribution in [0.3, 0.4) is 0 Å². The Kier molecular flexibility index (Phi) is 4.83. The minimum Gasteiger partial charge on any atom is -0.368 e. The number of nitrogens with zero attached hydrogens (tertiary/aromatic N) is 2. The Labute approximate surface area is 169 Å². The molecule has 30 heavy (non-hydrogen) atoms. The number of carbonyl (C=O) groups is 1. The van der Waals surface area contributed by atoms with Crippen molar-refractivity contribution in [2.24, 2.45) is 0 Å². The number of benzene rings is 3. The summed E-state index contributed by atoms with van der Waals surface area (Å²) in [6.07, 6.45) is -2.86. The van der Waals surface area contributed by atoms with Gasteiger partial charge in [0.2, 0.25) is 5.95 Å². The molecule has 0 saturated carbocycles.